The van der Waals surface area contributed by atoms with Crippen LogP contribution < -0.4 is 0 Å². The van der Waals surface area contributed by atoms with Crippen LogP contribution in [-0.2, 0) is 0 Å². The molecule has 39 valence electrons. The Labute approximate surface area is 50.3 Å². The maximum Gasteiger partial charge on any atom is -0.00234 e. The smallest absolute Gasteiger partial charge is 0.00234 e. The van der Waals surface area contributed by atoms with Crippen molar-refractivity contribution >= 4 is 12.6 Å². The van der Waals surface area contributed by atoms with Gasteiger partial charge in [-0.1, -0.05) is 30.9 Å². The highest BCUT2D eigenvalue weighted by Crippen LogP contribution is 1.85. The number of allylic oxidation sites excluding steroid dienone is 3. The lowest BCUT2D eigenvalue weighted by atomic mass is 10.4. The lowest BCUT2D eigenvalue weighted by molar-refractivity contribution is 1.39. The van der Waals surface area contributed by atoms with Crippen molar-refractivity contribution in [3.05, 3.63) is 23.6 Å². The molecular formula is C6H9S. The highest BCUT2D eigenvalue weighted by molar-refractivity contribution is 7.83. The molecule has 0 aliphatic heterocycles. The van der Waals surface area contributed by atoms with Gasteiger partial charge in [0.1, 0.15) is 0 Å². The van der Waals surface area contributed by atoms with Crippen LogP contribution in [0.5, 0.6) is 0 Å². The predicted octanol–water partition coefficient (Wildman–Crippen LogP) is 2.66. The van der Waals surface area contributed by atoms with E-state index in [2.05, 4.69) is 18.7 Å². The molecular weight excluding hydrogens is 104 g/mol. The van der Waals surface area contributed by atoms with Gasteiger partial charge in [0.05, 0.1) is 0 Å². The fraction of sp³-hybridized carbons (Fsp3) is 0.333. The number of hydrogen-bond acceptors (Lipinski definition) is 0. The average Bonchev–Trinajstić information content (AvgIpc) is 1.69. The van der Waals surface area contributed by atoms with Crippen LogP contribution in [0, 0.1) is 0 Å². The van der Waals surface area contributed by atoms with Gasteiger partial charge in [0.15, 0.2) is 0 Å². The molecule has 0 spiro atoms. The molecule has 0 aliphatic rings. The normalized spacial score (nSPS) is 11.6. The van der Waals surface area contributed by atoms with E-state index in [1.807, 2.05) is 19.1 Å². The molecule has 1 heteroatoms. The van der Waals surface area contributed by atoms with Gasteiger partial charge in [0, 0.05) is 0 Å². The highest BCUT2D eigenvalue weighted by atomic mass is 32.1. The van der Waals surface area contributed by atoms with Gasteiger partial charge in [0.25, 0.3) is 0 Å². The van der Waals surface area contributed by atoms with Crippen molar-refractivity contribution in [1.29, 1.82) is 0 Å². The molecule has 1 radical (unpaired) electrons. The van der Waals surface area contributed by atoms with Gasteiger partial charge in [0.2, 0.25) is 0 Å². The highest BCUT2D eigenvalue weighted by Gasteiger charge is 1.62. The first-order chi connectivity index (χ1) is 3.41. The quantitative estimate of drug-likeness (QED) is 0.483. The maximum absolute atomic E-state index is 4.55. The van der Waals surface area contributed by atoms with Crippen molar-refractivity contribution in [2.24, 2.45) is 0 Å². The summed E-state index contributed by atoms with van der Waals surface area (Å²) in [4.78, 5) is 0. The van der Waals surface area contributed by atoms with E-state index in [0.29, 0.717) is 0 Å². The maximum atomic E-state index is 4.55. The molecule has 0 saturated carbocycles. The van der Waals surface area contributed by atoms with Gasteiger partial charge >= 0.3 is 0 Å². The van der Waals surface area contributed by atoms with Crippen molar-refractivity contribution in [3.8, 4) is 0 Å². The molecule has 0 fully saturated rings. The molecule has 0 aromatic rings. The molecule has 0 nitrogen and oxygen atoms in total. The molecule has 0 atom stereocenters. The second-order valence-electron chi connectivity index (χ2n) is 1.18. The summed E-state index contributed by atoms with van der Waals surface area (Å²) in [6.07, 6.45) is 6.98. The van der Waals surface area contributed by atoms with E-state index in [4.69, 9.17) is 0 Å². The standard InChI is InChI=1S/C6H9S/c1-2-3-4-5-6-7/h2-3,5-6H,4H2,1H3. The van der Waals surface area contributed by atoms with Gasteiger partial charge in [-0.15, -0.1) is 0 Å². The van der Waals surface area contributed by atoms with E-state index < -0.39 is 0 Å². The first-order valence-corrected chi connectivity index (χ1v) is 2.77. The van der Waals surface area contributed by atoms with Crippen molar-refractivity contribution in [2.75, 3.05) is 0 Å². The summed E-state index contributed by atoms with van der Waals surface area (Å²) < 4.78 is 0. The zero-order valence-electron chi connectivity index (χ0n) is 4.42. The van der Waals surface area contributed by atoms with Crippen LogP contribution in [0.1, 0.15) is 13.3 Å². The Morgan fingerprint density at radius 2 is 2.14 bits per heavy atom. The summed E-state index contributed by atoms with van der Waals surface area (Å²) in [6.45, 7) is 2.00. The summed E-state index contributed by atoms with van der Waals surface area (Å²) >= 11 is 4.55. The van der Waals surface area contributed by atoms with Gasteiger partial charge in [-0.2, -0.15) is 0 Å². The molecule has 0 bridgehead atoms. The lowest BCUT2D eigenvalue weighted by Crippen LogP contribution is -1.50. The molecule has 0 aliphatic carbocycles. The van der Waals surface area contributed by atoms with Crippen molar-refractivity contribution < 1.29 is 0 Å². The first-order valence-electron chi connectivity index (χ1n) is 2.30. The van der Waals surface area contributed by atoms with Crippen molar-refractivity contribution in [1.82, 2.24) is 0 Å². The van der Waals surface area contributed by atoms with Crippen LogP contribution in [-0.4, -0.2) is 0 Å². The molecule has 0 heterocycles. The van der Waals surface area contributed by atoms with E-state index in [9.17, 15) is 0 Å². The zero-order valence-corrected chi connectivity index (χ0v) is 5.24. The number of hydrogen-bond donors (Lipinski definition) is 0. The van der Waals surface area contributed by atoms with E-state index in [0.717, 1.165) is 6.42 Å². The van der Waals surface area contributed by atoms with Gasteiger partial charge in [-0.25, -0.2) is 0 Å². The van der Waals surface area contributed by atoms with Crippen molar-refractivity contribution in [3.63, 3.8) is 0 Å². The summed E-state index contributed by atoms with van der Waals surface area (Å²) in [6, 6.07) is 0. The monoisotopic (exact) mass is 113 g/mol. The summed E-state index contributed by atoms with van der Waals surface area (Å²) in [5.74, 6) is 0. The topological polar surface area (TPSA) is 0 Å². The molecule has 0 amide bonds. The molecule has 0 aromatic heterocycles. The Hall–Kier alpha value is -0.300. The van der Waals surface area contributed by atoms with E-state index in [1.165, 1.54) is 0 Å². The summed E-state index contributed by atoms with van der Waals surface area (Å²) in [5.41, 5.74) is 0. The minimum absolute atomic E-state index is 0.972. The molecule has 0 aromatic carbocycles. The van der Waals surface area contributed by atoms with E-state index in [-0.39, 0.29) is 0 Å². The Morgan fingerprint density at radius 1 is 1.43 bits per heavy atom. The zero-order chi connectivity index (χ0) is 5.54. The Bertz CT molecular complexity index is 62.2. The molecule has 0 rings (SSSR count). The third-order valence-corrected chi connectivity index (χ3v) is 0.797. The Kier molecular flexibility index (Phi) is 5.46. The Morgan fingerprint density at radius 3 is 2.57 bits per heavy atom. The van der Waals surface area contributed by atoms with Crippen LogP contribution in [0.15, 0.2) is 23.6 Å². The third kappa shape index (κ3) is 5.70. The molecule has 0 saturated heterocycles. The lowest BCUT2D eigenvalue weighted by Gasteiger charge is -1.72. The van der Waals surface area contributed by atoms with E-state index >= 15 is 0 Å². The van der Waals surface area contributed by atoms with Crippen LogP contribution in [0.25, 0.3) is 0 Å². The number of rotatable bonds is 2. The minimum Gasteiger partial charge on any atom is -0.0914 e. The van der Waals surface area contributed by atoms with Gasteiger partial charge in [-0.3, -0.25) is 0 Å². The second kappa shape index (κ2) is 5.70. The van der Waals surface area contributed by atoms with Crippen LogP contribution in [0.4, 0.5) is 0 Å². The van der Waals surface area contributed by atoms with Gasteiger partial charge in [-0.05, 0) is 18.8 Å². The Balaban J connectivity index is 2.98. The SMILES string of the molecule is CC=CCC=C[S]. The largest absolute Gasteiger partial charge is 0.0914 e. The minimum atomic E-state index is 0.972. The van der Waals surface area contributed by atoms with Gasteiger partial charge < -0.3 is 0 Å². The third-order valence-electron chi connectivity index (χ3n) is 0.604. The fourth-order valence-corrected chi connectivity index (χ4v) is 0.381. The van der Waals surface area contributed by atoms with Crippen LogP contribution in [0.3, 0.4) is 0 Å². The van der Waals surface area contributed by atoms with Crippen LogP contribution in [0.2, 0.25) is 0 Å². The predicted molar refractivity (Wildman–Crippen MR) is 36.2 cm³/mol. The molecule has 7 heavy (non-hydrogen) atoms. The summed E-state index contributed by atoms with van der Waals surface area (Å²) in [7, 11) is 0. The van der Waals surface area contributed by atoms with Crippen molar-refractivity contribution in [2.45, 2.75) is 13.3 Å². The summed E-state index contributed by atoms with van der Waals surface area (Å²) in [5, 5.41) is 1.64. The second-order valence-corrected chi connectivity index (χ2v) is 1.45. The first kappa shape index (κ1) is 6.70. The van der Waals surface area contributed by atoms with Crippen LogP contribution >= 0.6 is 12.6 Å². The molecule has 0 N–H and O–H groups in total. The molecule has 0 unspecified atom stereocenters. The average molecular weight is 113 g/mol. The fourth-order valence-electron chi connectivity index (χ4n) is 0.270. The van der Waals surface area contributed by atoms with E-state index in [1.54, 1.807) is 5.41 Å².